The van der Waals surface area contributed by atoms with Crippen molar-refractivity contribution in [3.8, 4) is 0 Å². The molecule has 102 valence electrons. The Morgan fingerprint density at radius 2 is 2.17 bits per heavy atom. The molecule has 18 heavy (non-hydrogen) atoms. The topological polar surface area (TPSA) is 50.4 Å². The number of nitrogens with two attached hydrogens (primary N) is 1. The number of rotatable bonds is 3. The highest BCUT2D eigenvalue weighted by atomic mass is 127. The summed E-state index contributed by atoms with van der Waals surface area (Å²) >= 11 is 5.20. The van der Waals surface area contributed by atoms with Gasteiger partial charge >= 0.3 is 0 Å². The van der Waals surface area contributed by atoms with Crippen molar-refractivity contribution in [2.24, 2.45) is 10.7 Å². The minimum Gasteiger partial charge on any atom is -0.370 e. The van der Waals surface area contributed by atoms with Crippen LogP contribution in [-0.4, -0.2) is 12.0 Å². The Balaban J connectivity index is 0.00000162. The molecule has 1 aromatic heterocycles. The molecule has 1 saturated carbocycles. The number of aliphatic imine (C=N–C) groups is 1. The van der Waals surface area contributed by atoms with Crippen molar-refractivity contribution in [1.29, 1.82) is 0 Å². The number of nitrogens with zero attached hydrogens (tertiary/aromatic N) is 1. The highest BCUT2D eigenvalue weighted by molar-refractivity contribution is 14.0. The largest absolute Gasteiger partial charge is 0.370 e. The molecule has 1 fully saturated rings. The number of thiophene rings is 1. The van der Waals surface area contributed by atoms with E-state index in [0.29, 0.717) is 18.5 Å². The van der Waals surface area contributed by atoms with E-state index < -0.39 is 0 Å². The molecule has 3 nitrogen and oxygen atoms in total. The van der Waals surface area contributed by atoms with Gasteiger partial charge in [-0.15, -0.1) is 35.3 Å². The van der Waals surface area contributed by atoms with Crippen LogP contribution in [0.3, 0.4) is 0 Å². The number of hydrogen-bond acceptors (Lipinski definition) is 2. The van der Waals surface area contributed by atoms with Crippen molar-refractivity contribution >= 4 is 57.2 Å². The Morgan fingerprint density at radius 3 is 2.78 bits per heavy atom. The van der Waals surface area contributed by atoms with Gasteiger partial charge in [0.15, 0.2) is 5.96 Å². The SMILES string of the molecule is I.NC(=NCc1sccc1Br)NC1CCCCC1. The second-order valence-electron chi connectivity index (χ2n) is 4.37. The fourth-order valence-corrected chi connectivity index (χ4v) is 3.50. The molecular weight excluding hydrogens is 425 g/mol. The molecule has 1 heterocycles. The summed E-state index contributed by atoms with van der Waals surface area (Å²) < 4.78 is 1.12. The molecule has 0 aliphatic heterocycles. The quantitative estimate of drug-likeness (QED) is 0.423. The molecule has 0 amide bonds. The van der Waals surface area contributed by atoms with Crippen molar-refractivity contribution in [2.75, 3.05) is 0 Å². The average molecular weight is 444 g/mol. The fourth-order valence-electron chi connectivity index (χ4n) is 2.10. The number of halogens is 2. The van der Waals surface area contributed by atoms with Crippen LogP contribution >= 0.6 is 51.2 Å². The van der Waals surface area contributed by atoms with Gasteiger partial charge in [-0.05, 0) is 40.2 Å². The lowest BCUT2D eigenvalue weighted by Gasteiger charge is -2.23. The van der Waals surface area contributed by atoms with E-state index in [1.807, 2.05) is 6.07 Å². The van der Waals surface area contributed by atoms with Crippen LogP contribution in [0, 0.1) is 0 Å². The van der Waals surface area contributed by atoms with Gasteiger partial charge in [0.25, 0.3) is 0 Å². The Bertz CT molecular complexity index is 388. The van der Waals surface area contributed by atoms with Gasteiger partial charge in [0.05, 0.1) is 6.54 Å². The summed E-state index contributed by atoms with van der Waals surface area (Å²) in [6.45, 7) is 0.657. The summed E-state index contributed by atoms with van der Waals surface area (Å²) in [5.41, 5.74) is 5.90. The van der Waals surface area contributed by atoms with Crippen molar-refractivity contribution in [3.63, 3.8) is 0 Å². The summed E-state index contributed by atoms with van der Waals surface area (Å²) in [6, 6.07) is 2.57. The van der Waals surface area contributed by atoms with Gasteiger partial charge in [-0.1, -0.05) is 19.3 Å². The van der Waals surface area contributed by atoms with Gasteiger partial charge in [0, 0.05) is 15.4 Å². The predicted molar refractivity (Wildman–Crippen MR) is 92.8 cm³/mol. The lowest BCUT2D eigenvalue weighted by atomic mass is 9.96. The predicted octanol–water partition coefficient (Wildman–Crippen LogP) is 3.87. The standard InChI is InChI=1S/C12H18BrN3S.HI/c13-10-6-7-17-11(10)8-15-12(14)16-9-4-2-1-3-5-9;/h6-7,9H,1-5,8H2,(H3,14,15,16);1H. The Kier molecular flexibility index (Phi) is 7.55. The molecule has 0 spiro atoms. The van der Waals surface area contributed by atoms with E-state index in [0.717, 1.165) is 4.47 Å². The average Bonchev–Trinajstić information content (AvgIpc) is 2.74. The highest BCUT2D eigenvalue weighted by Gasteiger charge is 2.13. The van der Waals surface area contributed by atoms with Crippen LogP contribution in [0.5, 0.6) is 0 Å². The van der Waals surface area contributed by atoms with E-state index in [4.69, 9.17) is 5.73 Å². The minimum atomic E-state index is 0. The van der Waals surface area contributed by atoms with Gasteiger partial charge in [0.2, 0.25) is 0 Å². The third-order valence-corrected chi connectivity index (χ3v) is 4.95. The summed E-state index contributed by atoms with van der Waals surface area (Å²) in [5.74, 6) is 0.581. The van der Waals surface area contributed by atoms with Crippen molar-refractivity contribution in [1.82, 2.24) is 5.32 Å². The molecule has 3 N–H and O–H groups in total. The zero-order valence-electron chi connectivity index (χ0n) is 10.2. The van der Waals surface area contributed by atoms with Crippen LogP contribution in [0.1, 0.15) is 37.0 Å². The maximum absolute atomic E-state index is 5.90. The second kappa shape index (κ2) is 8.37. The van der Waals surface area contributed by atoms with Crippen molar-refractivity contribution in [2.45, 2.75) is 44.7 Å². The molecule has 0 unspecified atom stereocenters. The van der Waals surface area contributed by atoms with Crippen molar-refractivity contribution in [3.05, 3.63) is 20.8 Å². The second-order valence-corrected chi connectivity index (χ2v) is 6.23. The number of hydrogen-bond donors (Lipinski definition) is 2. The van der Waals surface area contributed by atoms with Gasteiger partial charge in [-0.25, -0.2) is 4.99 Å². The molecule has 0 aromatic carbocycles. The maximum Gasteiger partial charge on any atom is 0.189 e. The van der Waals surface area contributed by atoms with Gasteiger partial charge < -0.3 is 11.1 Å². The van der Waals surface area contributed by atoms with E-state index in [9.17, 15) is 0 Å². The van der Waals surface area contributed by atoms with Gasteiger partial charge in [-0.2, -0.15) is 0 Å². The molecule has 0 saturated heterocycles. The number of nitrogens with one attached hydrogen (secondary N) is 1. The summed E-state index contributed by atoms with van der Waals surface area (Å²) in [4.78, 5) is 5.61. The smallest absolute Gasteiger partial charge is 0.189 e. The van der Waals surface area contributed by atoms with Crippen LogP contribution < -0.4 is 11.1 Å². The molecule has 1 aliphatic carbocycles. The Labute approximate surface area is 138 Å². The first-order valence-corrected chi connectivity index (χ1v) is 7.71. The molecule has 0 bridgehead atoms. The first-order chi connectivity index (χ1) is 8.25. The Morgan fingerprint density at radius 1 is 1.44 bits per heavy atom. The highest BCUT2D eigenvalue weighted by Crippen LogP contribution is 2.23. The summed E-state index contributed by atoms with van der Waals surface area (Å²) in [6.07, 6.45) is 6.41. The Hall–Kier alpha value is 0.180. The summed E-state index contributed by atoms with van der Waals surface area (Å²) in [5, 5.41) is 5.37. The molecule has 1 aliphatic rings. The van der Waals surface area contributed by atoms with E-state index in [1.54, 1.807) is 11.3 Å². The molecule has 0 atom stereocenters. The molecule has 1 aromatic rings. The lowest BCUT2D eigenvalue weighted by Crippen LogP contribution is -2.41. The first kappa shape index (κ1) is 16.2. The van der Waals surface area contributed by atoms with E-state index in [2.05, 4.69) is 31.6 Å². The third kappa shape index (κ3) is 5.05. The zero-order valence-corrected chi connectivity index (χ0v) is 14.9. The normalized spacial score (nSPS) is 17.3. The molecular formula is C12H19BrIN3S. The third-order valence-electron chi connectivity index (χ3n) is 3.04. The van der Waals surface area contributed by atoms with Crippen molar-refractivity contribution < 1.29 is 0 Å². The fraction of sp³-hybridized carbons (Fsp3) is 0.583. The van der Waals surface area contributed by atoms with Gasteiger partial charge in [-0.3, -0.25) is 0 Å². The maximum atomic E-state index is 5.90. The van der Waals surface area contributed by atoms with Crippen LogP contribution in [0.2, 0.25) is 0 Å². The lowest BCUT2D eigenvalue weighted by molar-refractivity contribution is 0.412. The first-order valence-electron chi connectivity index (χ1n) is 6.04. The van der Waals surface area contributed by atoms with Crippen LogP contribution in [0.25, 0.3) is 0 Å². The van der Waals surface area contributed by atoms with Crippen LogP contribution in [-0.2, 0) is 6.54 Å². The molecule has 0 radical (unpaired) electrons. The van der Waals surface area contributed by atoms with E-state index in [-0.39, 0.29) is 24.0 Å². The minimum absolute atomic E-state index is 0. The number of guanidine groups is 1. The van der Waals surface area contributed by atoms with E-state index in [1.165, 1.54) is 37.0 Å². The zero-order chi connectivity index (χ0) is 12.1. The monoisotopic (exact) mass is 443 g/mol. The van der Waals surface area contributed by atoms with Gasteiger partial charge in [0.1, 0.15) is 0 Å². The van der Waals surface area contributed by atoms with E-state index >= 15 is 0 Å². The molecule has 6 heteroatoms. The summed E-state index contributed by atoms with van der Waals surface area (Å²) in [7, 11) is 0. The molecule has 2 rings (SSSR count). The van der Waals surface area contributed by atoms with Crippen LogP contribution in [0.15, 0.2) is 20.9 Å². The van der Waals surface area contributed by atoms with Crippen LogP contribution in [0.4, 0.5) is 0 Å².